The Morgan fingerprint density at radius 3 is 2.92 bits per heavy atom. The largest absolute Gasteiger partial charge is 0.481 e. The third kappa shape index (κ3) is 3.12. The minimum atomic E-state index is -0.889. The van der Waals surface area contributed by atoms with Gasteiger partial charge in [-0.2, -0.15) is 0 Å². The smallest absolute Gasteiger partial charge is 0.303 e. The highest BCUT2D eigenvalue weighted by Gasteiger charge is 2.11. The summed E-state index contributed by atoms with van der Waals surface area (Å²) in [5.74, 6) is -0.889. The molecule has 0 spiro atoms. The Hall–Kier alpha value is -0.940. The molecule has 1 aromatic rings. The second-order valence-corrected chi connectivity index (χ2v) is 4.00. The first-order chi connectivity index (χ1) is 6.09. The minimum Gasteiger partial charge on any atom is -0.481 e. The number of aliphatic carboxylic acids is 1. The molecule has 0 aliphatic heterocycles. The Morgan fingerprint density at radius 1 is 1.77 bits per heavy atom. The molecular weight excluding hydrogens is 190 g/mol. The van der Waals surface area contributed by atoms with Crippen LogP contribution in [0.4, 0.5) is 0 Å². The van der Waals surface area contributed by atoms with Crippen molar-refractivity contribution in [2.24, 2.45) is 0 Å². The summed E-state index contributed by atoms with van der Waals surface area (Å²) in [6.45, 7) is 1.85. The fourth-order valence-electron chi connectivity index (χ4n) is 0.934. The number of aromatic nitrogens is 1. The number of carbonyl (C=O) groups is 1. The van der Waals surface area contributed by atoms with Gasteiger partial charge in [0.15, 0.2) is 0 Å². The van der Waals surface area contributed by atoms with E-state index in [1.165, 1.54) is 11.3 Å². The van der Waals surface area contributed by atoms with Crippen molar-refractivity contribution >= 4 is 17.3 Å². The van der Waals surface area contributed by atoms with E-state index in [4.69, 9.17) is 5.11 Å². The molecule has 0 amide bonds. The van der Waals surface area contributed by atoms with Gasteiger partial charge >= 0.3 is 5.97 Å². The monoisotopic (exact) mass is 201 g/mol. The zero-order valence-corrected chi connectivity index (χ0v) is 8.04. The van der Waals surface area contributed by atoms with Crippen LogP contribution in [0, 0.1) is 6.92 Å². The molecule has 0 radical (unpaired) electrons. The average molecular weight is 201 g/mol. The van der Waals surface area contributed by atoms with Crippen molar-refractivity contribution in [2.75, 3.05) is 0 Å². The fraction of sp³-hybridized carbons (Fsp3) is 0.500. The van der Waals surface area contributed by atoms with Gasteiger partial charge in [0.1, 0.15) is 0 Å². The zero-order valence-electron chi connectivity index (χ0n) is 7.23. The highest BCUT2D eigenvalue weighted by Crippen LogP contribution is 2.23. The first-order valence-electron chi connectivity index (χ1n) is 3.92. The second kappa shape index (κ2) is 4.34. The normalized spacial score (nSPS) is 12.8. The number of carboxylic acids is 1. The number of carboxylic acid groups (broad SMARTS) is 1. The second-order valence-electron chi connectivity index (χ2n) is 2.73. The highest BCUT2D eigenvalue weighted by atomic mass is 32.1. The molecule has 0 aromatic carbocycles. The predicted molar refractivity (Wildman–Crippen MR) is 48.7 cm³/mol. The number of aryl methyl sites for hydroxylation is 1. The molecule has 0 bridgehead atoms. The van der Waals surface area contributed by atoms with E-state index in [0.717, 1.165) is 9.88 Å². The van der Waals surface area contributed by atoms with Gasteiger partial charge in [0.05, 0.1) is 16.0 Å². The maximum atomic E-state index is 10.2. The number of aliphatic hydroxyl groups excluding tert-OH is 1. The molecule has 4 nitrogen and oxygen atoms in total. The quantitative estimate of drug-likeness (QED) is 0.771. The van der Waals surface area contributed by atoms with Crippen LogP contribution in [0.1, 0.15) is 28.8 Å². The summed E-state index contributed by atoms with van der Waals surface area (Å²) in [6, 6.07) is 0. The van der Waals surface area contributed by atoms with E-state index in [0.29, 0.717) is 0 Å². The van der Waals surface area contributed by atoms with Gasteiger partial charge in [0.25, 0.3) is 0 Å². The van der Waals surface area contributed by atoms with Gasteiger partial charge in [0.2, 0.25) is 0 Å². The van der Waals surface area contributed by atoms with Crippen LogP contribution in [-0.2, 0) is 4.79 Å². The highest BCUT2D eigenvalue weighted by molar-refractivity contribution is 7.11. The lowest BCUT2D eigenvalue weighted by molar-refractivity contribution is -0.137. The van der Waals surface area contributed by atoms with Gasteiger partial charge in [0, 0.05) is 12.6 Å². The van der Waals surface area contributed by atoms with Crippen molar-refractivity contribution in [3.63, 3.8) is 0 Å². The van der Waals surface area contributed by atoms with E-state index in [-0.39, 0.29) is 12.8 Å². The third-order valence-corrected chi connectivity index (χ3v) is 2.61. The van der Waals surface area contributed by atoms with Crippen molar-refractivity contribution < 1.29 is 15.0 Å². The molecule has 2 N–H and O–H groups in total. The van der Waals surface area contributed by atoms with Crippen molar-refractivity contribution in [3.8, 4) is 0 Å². The molecule has 0 fully saturated rings. The number of hydrogen-bond donors (Lipinski definition) is 2. The summed E-state index contributed by atoms with van der Waals surface area (Å²) < 4.78 is 0. The fourth-order valence-corrected chi connectivity index (χ4v) is 1.74. The van der Waals surface area contributed by atoms with E-state index in [1.807, 2.05) is 6.92 Å². The molecule has 0 saturated heterocycles. The third-order valence-electron chi connectivity index (χ3n) is 1.60. The summed E-state index contributed by atoms with van der Waals surface area (Å²) in [5, 5.41) is 18.8. The lowest BCUT2D eigenvalue weighted by Gasteiger charge is -2.04. The van der Waals surface area contributed by atoms with E-state index in [9.17, 15) is 9.90 Å². The van der Waals surface area contributed by atoms with Crippen LogP contribution in [0.25, 0.3) is 0 Å². The minimum absolute atomic E-state index is 0.0158. The number of aliphatic hydroxyl groups is 1. The number of thiazole rings is 1. The predicted octanol–water partition coefficient (Wildman–Crippen LogP) is 1.35. The van der Waals surface area contributed by atoms with Gasteiger partial charge in [-0.05, 0) is 13.3 Å². The Balaban J connectivity index is 2.48. The Kier molecular flexibility index (Phi) is 3.39. The molecule has 1 aromatic heterocycles. The van der Waals surface area contributed by atoms with Crippen LogP contribution in [0.15, 0.2) is 6.20 Å². The van der Waals surface area contributed by atoms with E-state index >= 15 is 0 Å². The van der Waals surface area contributed by atoms with Gasteiger partial charge in [-0.1, -0.05) is 0 Å². The first-order valence-corrected chi connectivity index (χ1v) is 4.73. The molecule has 13 heavy (non-hydrogen) atoms. The van der Waals surface area contributed by atoms with Crippen molar-refractivity contribution in [1.29, 1.82) is 0 Å². The molecule has 1 unspecified atom stereocenters. The molecule has 0 saturated carbocycles. The molecule has 1 atom stereocenters. The van der Waals surface area contributed by atoms with Gasteiger partial charge in [-0.3, -0.25) is 4.79 Å². The number of hydrogen-bond acceptors (Lipinski definition) is 4. The van der Waals surface area contributed by atoms with Crippen LogP contribution >= 0.6 is 11.3 Å². The molecule has 0 aliphatic carbocycles. The maximum Gasteiger partial charge on any atom is 0.303 e. The van der Waals surface area contributed by atoms with E-state index in [1.54, 1.807) is 6.20 Å². The maximum absolute atomic E-state index is 10.2. The Labute approximate surface area is 79.9 Å². The molecule has 1 heterocycles. The first kappa shape index (κ1) is 10.1. The summed E-state index contributed by atoms with van der Waals surface area (Å²) in [4.78, 5) is 14.9. The number of nitrogens with zero attached hydrogens (tertiary/aromatic N) is 1. The topological polar surface area (TPSA) is 70.4 Å². The van der Waals surface area contributed by atoms with Crippen LogP contribution in [0.5, 0.6) is 0 Å². The Bertz CT molecular complexity index is 297. The van der Waals surface area contributed by atoms with Crippen LogP contribution in [0.2, 0.25) is 0 Å². The molecule has 5 heteroatoms. The number of rotatable bonds is 4. The Morgan fingerprint density at radius 2 is 2.46 bits per heavy atom. The molecule has 0 aliphatic rings. The summed E-state index contributed by atoms with van der Waals surface area (Å²) in [7, 11) is 0. The zero-order chi connectivity index (χ0) is 9.84. The van der Waals surface area contributed by atoms with Crippen molar-refractivity contribution in [3.05, 3.63) is 16.1 Å². The van der Waals surface area contributed by atoms with Crippen LogP contribution in [0.3, 0.4) is 0 Å². The lowest BCUT2D eigenvalue weighted by Crippen LogP contribution is -2.00. The van der Waals surface area contributed by atoms with Gasteiger partial charge in [-0.25, -0.2) is 4.98 Å². The lowest BCUT2D eigenvalue weighted by atomic mass is 10.2. The summed E-state index contributed by atoms with van der Waals surface area (Å²) in [6.07, 6.45) is 1.13. The SMILES string of the molecule is Cc1ncc(C(O)CCC(=O)O)s1. The van der Waals surface area contributed by atoms with Crippen LogP contribution < -0.4 is 0 Å². The van der Waals surface area contributed by atoms with Crippen molar-refractivity contribution in [2.45, 2.75) is 25.9 Å². The van der Waals surface area contributed by atoms with Gasteiger partial charge < -0.3 is 10.2 Å². The van der Waals surface area contributed by atoms with E-state index < -0.39 is 12.1 Å². The molecule has 1 rings (SSSR count). The summed E-state index contributed by atoms with van der Waals surface area (Å²) >= 11 is 1.39. The molecular formula is C8H11NO3S. The van der Waals surface area contributed by atoms with Crippen LogP contribution in [-0.4, -0.2) is 21.2 Å². The molecule has 72 valence electrons. The van der Waals surface area contributed by atoms with Crippen molar-refractivity contribution in [1.82, 2.24) is 4.98 Å². The van der Waals surface area contributed by atoms with Gasteiger partial charge in [-0.15, -0.1) is 11.3 Å². The standard InChI is InChI=1S/C8H11NO3S/c1-5-9-4-7(13-5)6(10)2-3-8(11)12/h4,6,10H,2-3H2,1H3,(H,11,12). The van der Waals surface area contributed by atoms with E-state index in [2.05, 4.69) is 4.98 Å². The average Bonchev–Trinajstić information content (AvgIpc) is 2.47. The summed E-state index contributed by atoms with van der Waals surface area (Å²) in [5.41, 5.74) is 0.